The van der Waals surface area contributed by atoms with E-state index >= 15 is 0 Å². The molecular weight excluding hydrogens is 341 g/mol. The van der Waals surface area contributed by atoms with Crippen LogP contribution in [0.2, 0.25) is 5.02 Å². The van der Waals surface area contributed by atoms with Gasteiger partial charge in [0.25, 0.3) is 5.91 Å². The molecule has 0 unspecified atom stereocenters. The van der Waals surface area contributed by atoms with Crippen molar-refractivity contribution in [1.29, 1.82) is 0 Å². The number of piperidine rings is 1. The molecule has 128 valence electrons. The highest BCUT2D eigenvalue weighted by Crippen LogP contribution is 2.28. The van der Waals surface area contributed by atoms with Gasteiger partial charge in [0.15, 0.2) is 0 Å². The van der Waals surface area contributed by atoms with Crippen molar-refractivity contribution in [2.24, 2.45) is 0 Å². The largest absolute Gasteiger partial charge is 0.342 e. The number of halogens is 2. The molecule has 1 amide bonds. The van der Waals surface area contributed by atoms with Gasteiger partial charge in [-0.1, -0.05) is 17.7 Å². The second kappa shape index (κ2) is 6.48. The molecule has 0 spiro atoms. The van der Waals surface area contributed by atoms with Crippen LogP contribution in [0.3, 0.4) is 0 Å². The maximum absolute atomic E-state index is 13.3. The fourth-order valence-corrected chi connectivity index (χ4v) is 3.55. The Morgan fingerprint density at radius 3 is 2.76 bits per heavy atom. The topological polar surface area (TPSA) is 49.0 Å². The molecule has 1 aromatic heterocycles. The van der Waals surface area contributed by atoms with Crippen molar-refractivity contribution in [1.82, 2.24) is 14.9 Å². The molecule has 3 aromatic rings. The first-order valence-electron chi connectivity index (χ1n) is 8.30. The highest BCUT2D eigenvalue weighted by atomic mass is 35.5. The Morgan fingerprint density at radius 1 is 1.20 bits per heavy atom. The van der Waals surface area contributed by atoms with Crippen LogP contribution in [-0.4, -0.2) is 33.9 Å². The van der Waals surface area contributed by atoms with Gasteiger partial charge in [-0.2, -0.15) is 0 Å². The van der Waals surface area contributed by atoms with Gasteiger partial charge in [-0.15, -0.1) is 0 Å². The van der Waals surface area contributed by atoms with Crippen LogP contribution in [0.15, 0.2) is 42.5 Å². The number of imidazole rings is 1. The first-order chi connectivity index (χ1) is 12.1. The van der Waals surface area contributed by atoms with Gasteiger partial charge in [0.1, 0.15) is 11.6 Å². The van der Waals surface area contributed by atoms with Crippen LogP contribution in [0.25, 0.3) is 11.0 Å². The zero-order chi connectivity index (χ0) is 17.4. The quantitative estimate of drug-likeness (QED) is 0.740. The predicted molar refractivity (Wildman–Crippen MR) is 95.4 cm³/mol. The summed E-state index contributed by atoms with van der Waals surface area (Å²) in [6.45, 7) is 1.34. The molecular formula is C19H17ClFN3O. The first kappa shape index (κ1) is 16.1. The second-order valence-corrected chi connectivity index (χ2v) is 6.80. The molecule has 25 heavy (non-hydrogen) atoms. The number of aromatic amines is 1. The molecule has 1 saturated heterocycles. The predicted octanol–water partition coefficient (Wildman–Crippen LogP) is 4.38. The van der Waals surface area contributed by atoms with E-state index in [1.807, 2.05) is 4.90 Å². The molecule has 1 fully saturated rings. The van der Waals surface area contributed by atoms with Gasteiger partial charge in [0, 0.05) is 29.6 Å². The van der Waals surface area contributed by atoms with E-state index in [1.54, 1.807) is 30.3 Å². The molecule has 4 rings (SSSR count). The molecule has 1 aliphatic heterocycles. The van der Waals surface area contributed by atoms with E-state index in [1.165, 1.54) is 12.1 Å². The third-order valence-electron chi connectivity index (χ3n) is 4.70. The highest BCUT2D eigenvalue weighted by Gasteiger charge is 2.26. The molecule has 1 N–H and O–H groups in total. The minimum Gasteiger partial charge on any atom is -0.342 e. The molecule has 0 aliphatic carbocycles. The SMILES string of the molecule is O=C(c1cccc(Cl)c1)N1CCC(c2nc3ccc(F)cc3[nH]2)CC1. The number of benzene rings is 2. The van der Waals surface area contributed by atoms with Gasteiger partial charge in [-0.25, -0.2) is 9.37 Å². The van der Waals surface area contributed by atoms with E-state index in [0.717, 1.165) is 24.2 Å². The summed E-state index contributed by atoms with van der Waals surface area (Å²) in [4.78, 5) is 22.2. The Bertz CT molecular complexity index is 931. The van der Waals surface area contributed by atoms with Crippen molar-refractivity contribution >= 4 is 28.5 Å². The molecule has 0 bridgehead atoms. The number of nitrogens with zero attached hydrogens (tertiary/aromatic N) is 2. The lowest BCUT2D eigenvalue weighted by Crippen LogP contribution is -2.38. The van der Waals surface area contributed by atoms with Crippen molar-refractivity contribution in [2.45, 2.75) is 18.8 Å². The Kier molecular flexibility index (Phi) is 4.17. The van der Waals surface area contributed by atoms with Gasteiger partial charge in [0.2, 0.25) is 0 Å². The highest BCUT2D eigenvalue weighted by molar-refractivity contribution is 6.30. The monoisotopic (exact) mass is 357 g/mol. The number of carbonyl (C=O) groups excluding carboxylic acids is 1. The number of rotatable bonds is 2. The van der Waals surface area contributed by atoms with Crippen LogP contribution in [0.5, 0.6) is 0 Å². The molecule has 1 aliphatic rings. The van der Waals surface area contributed by atoms with Gasteiger partial charge in [-0.05, 0) is 49.2 Å². The molecule has 0 atom stereocenters. The fraction of sp³-hybridized carbons (Fsp3) is 0.263. The summed E-state index contributed by atoms with van der Waals surface area (Å²) in [5.41, 5.74) is 2.10. The summed E-state index contributed by atoms with van der Waals surface area (Å²) < 4.78 is 13.3. The Balaban J connectivity index is 1.46. The van der Waals surface area contributed by atoms with Crippen LogP contribution >= 0.6 is 11.6 Å². The third-order valence-corrected chi connectivity index (χ3v) is 4.94. The van der Waals surface area contributed by atoms with E-state index < -0.39 is 0 Å². The molecule has 6 heteroatoms. The summed E-state index contributed by atoms with van der Waals surface area (Å²) >= 11 is 5.97. The Labute approximate surface area is 149 Å². The molecule has 2 aromatic carbocycles. The smallest absolute Gasteiger partial charge is 0.253 e. The van der Waals surface area contributed by atoms with E-state index in [0.29, 0.717) is 29.2 Å². The molecule has 0 radical (unpaired) electrons. The summed E-state index contributed by atoms with van der Waals surface area (Å²) in [5, 5.41) is 0.565. The van der Waals surface area contributed by atoms with Crippen LogP contribution in [0.4, 0.5) is 4.39 Å². The van der Waals surface area contributed by atoms with Crippen LogP contribution in [0.1, 0.15) is 34.9 Å². The molecule has 2 heterocycles. The zero-order valence-corrected chi connectivity index (χ0v) is 14.3. The standard InChI is InChI=1S/C19H17ClFN3O/c20-14-3-1-2-13(10-14)19(25)24-8-6-12(7-9-24)18-22-16-5-4-15(21)11-17(16)23-18/h1-5,10-12H,6-9H2,(H,22,23). The van der Waals surface area contributed by atoms with E-state index in [9.17, 15) is 9.18 Å². The number of hydrogen-bond acceptors (Lipinski definition) is 2. The number of amides is 1. The van der Waals surface area contributed by atoms with Crippen LogP contribution < -0.4 is 0 Å². The average Bonchev–Trinajstić information content (AvgIpc) is 3.04. The number of nitrogens with one attached hydrogen (secondary N) is 1. The zero-order valence-electron chi connectivity index (χ0n) is 13.5. The summed E-state index contributed by atoms with van der Waals surface area (Å²) in [6.07, 6.45) is 1.66. The minimum atomic E-state index is -0.273. The normalized spacial score (nSPS) is 15.7. The minimum absolute atomic E-state index is 0.00706. The van der Waals surface area contributed by atoms with E-state index in [-0.39, 0.29) is 17.6 Å². The first-order valence-corrected chi connectivity index (χ1v) is 8.68. The van der Waals surface area contributed by atoms with Crippen molar-refractivity contribution in [3.63, 3.8) is 0 Å². The lowest BCUT2D eigenvalue weighted by atomic mass is 9.95. The summed E-state index contributed by atoms with van der Waals surface area (Å²) in [6, 6.07) is 11.6. The molecule has 0 saturated carbocycles. The molecule has 4 nitrogen and oxygen atoms in total. The number of fused-ring (bicyclic) bond motifs is 1. The van der Waals surface area contributed by atoms with Crippen molar-refractivity contribution in [3.05, 3.63) is 64.7 Å². The maximum atomic E-state index is 13.3. The van der Waals surface area contributed by atoms with Crippen molar-refractivity contribution in [2.75, 3.05) is 13.1 Å². The lowest BCUT2D eigenvalue weighted by Gasteiger charge is -2.31. The van der Waals surface area contributed by atoms with E-state index in [4.69, 9.17) is 11.6 Å². The van der Waals surface area contributed by atoms with Crippen molar-refractivity contribution < 1.29 is 9.18 Å². The number of H-pyrrole nitrogens is 1. The van der Waals surface area contributed by atoms with E-state index in [2.05, 4.69) is 9.97 Å². The number of hydrogen-bond donors (Lipinski definition) is 1. The fourth-order valence-electron chi connectivity index (χ4n) is 3.36. The Morgan fingerprint density at radius 2 is 2.00 bits per heavy atom. The maximum Gasteiger partial charge on any atom is 0.253 e. The Hall–Kier alpha value is -2.40. The van der Waals surface area contributed by atoms with Crippen molar-refractivity contribution in [3.8, 4) is 0 Å². The summed E-state index contributed by atoms with van der Waals surface area (Å²) in [7, 11) is 0. The third kappa shape index (κ3) is 3.24. The summed E-state index contributed by atoms with van der Waals surface area (Å²) in [5.74, 6) is 0.853. The van der Waals surface area contributed by atoms with Gasteiger partial charge < -0.3 is 9.88 Å². The number of aromatic nitrogens is 2. The number of likely N-dealkylation sites (tertiary alicyclic amines) is 1. The lowest BCUT2D eigenvalue weighted by molar-refractivity contribution is 0.0711. The van der Waals surface area contributed by atoms with Gasteiger partial charge in [-0.3, -0.25) is 4.79 Å². The van der Waals surface area contributed by atoms with Gasteiger partial charge in [0.05, 0.1) is 11.0 Å². The number of carbonyl (C=O) groups is 1. The second-order valence-electron chi connectivity index (χ2n) is 6.36. The van der Waals surface area contributed by atoms with Gasteiger partial charge >= 0.3 is 0 Å². The van der Waals surface area contributed by atoms with Crippen LogP contribution in [-0.2, 0) is 0 Å². The average molecular weight is 358 g/mol. The van der Waals surface area contributed by atoms with Crippen LogP contribution in [0, 0.1) is 5.82 Å².